The third kappa shape index (κ3) is 4.59. The molecule has 0 aliphatic heterocycles. The first kappa shape index (κ1) is 22.9. The zero-order valence-corrected chi connectivity index (χ0v) is 18.1. The highest BCUT2D eigenvalue weighted by molar-refractivity contribution is 6.01. The van der Waals surface area contributed by atoms with Crippen LogP contribution in [0.25, 0.3) is 11.1 Å². The summed E-state index contributed by atoms with van der Waals surface area (Å²) in [5.41, 5.74) is 2.23. The summed E-state index contributed by atoms with van der Waals surface area (Å²) < 4.78 is 10.8. The molecule has 8 heteroatoms. The molecule has 1 aliphatic carbocycles. The number of nitrogens with zero attached hydrogens (tertiary/aromatic N) is 1. The molecule has 32 heavy (non-hydrogen) atoms. The first-order chi connectivity index (χ1) is 15.6. The first-order valence-electron chi connectivity index (χ1n) is 10.3. The van der Waals surface area contributed by atoms with Crippen molar-refractivity contribution in [3.63, 3.8) is 0 Å². The van der Waals surface area contributed by atoms with E-state index in [1.165, 1.54) is 0 Å². The molecular weight excluding hydrogens is 410 g/mol. The van der Waals surface area contributed by atoms with E-state index in [4.69, 9.17) is 19.4 Å². The van der Waals surface area contributed by atoms with Gasteiger partial charge in [-0.15, -0.1) is 0 Å². The number of aromatic amines is 1. The van der Waals surface area contributed by atoms with Crippen LogP contribution in [0, 0.1) is 0 Å². The standard InChI is InChI=1S/C23H25N3O3.CH2O2/c1-28-19-11-10-17(14-20(19)29-2)23(12-6-7-13-23)22(27)25-21-18(15-24-26-21)16-8-4-3-5-9-16;2-1-3/h3-5,8-11,14-15H,6-7,12-13H2,1-2H3,(H2,24,25,26,27);1H,(H,2,3). The van der Waals surface area contributed by atoms with Crippen molar-refractivity contribution in [3.05, 3.63) is 60.3 Å². The predicted molar refractivity (Wildman–Crippen MR) is 121 cm³/mol. The molecule has 168 valence electrons. The highest BCUT2D eigenvalue weighted by Gasteiger charge is 2.43. The maximum Gasteiger partial charge on any atom is 0.290 e. The lowest BCUT2D eigenvalue weighted by atomic mass is 9.77. The van der Waals surface area contributed by atoms with Gasteiger partial charge in [-0.1, -0.05) is 49.2 Å². The molecule has 1 saturated carbocycles. The van der Waals surface area contributed by atoms with Gasteiger partial charge in [-0.3, -0.25) is 14.7 Å². The summed E-state index contributed by atoms with van der Waals surface area (Å²) in [5, 5.41) is 17.1. The van der Waals surface area contributed by atoms with Crippen molar-refractivity contribution in [2.24, 2.45) is 0 Å². The number of carboxylic acid groups (broad SMARTS) is 1. The van der Waals surface area contributed by atoms with E-state index in [9.17, 15) is 4.79 Å². The van der Waals surface area contributed by atoms with Gasteiger partial charge in [0.1, 0.15) is 5.82 Å². The van der Waals surface area contributed by atoms with Crippen LogP contribution in [-0.4, -0.2) is 41.9 Å². The van der Waals surface area contributed by atoms with Gasteiger partial charge in [0.15, 0.2) is 11.5 Å². The van der Waals surface area contributed by atoms with Crippen LogP contribution in [0.15, 0.2) is 54.7 Å². The third-order valence-electron chi connectivity index (χ3n) is 5.79. The molecular formula is C24H27N3O5. The zero-order valence-electron chi connectivity index (χ0n) is 18.1. The monoisotopic (exact) mass is 437 g/mol. The summed E-state index contributed by atoms with van der Waals surface area (Å²) in [7, 11) is 3.22. The number of ether oxygens (including phenoxy) is 2. The number of carbonyl (C=O) groups excluding carboxylic acids is 1. The van der Waals surface area contributed by atoms with Crippen molar-refractivity contribution in [1.82, 2.24) is 10.2 Å². The number of rotatable bonds is 6. The summed E-state index contributed by atoms with van der Waals surface area (Å²) in [4.78, 5) is 21.9. The molecule has 1 heterocycles. The molecule has 0 radical (unpaired) electrons. The average molecular weight is 437 g/mol. The molecule has 1 aliphatic rings. The molecule has 0 spiro atoms. The quantitative estimate of drug-likeness (QED) is 0.497. The molecule has 3 aromatic rings. The third-order valence-corrected chi connectivity index (χ3v) is 5.79. The van der Waals surface area contributed by atoms with E-state index >= 15 is 0 Å². The Balaban J connectivity index is 0.000000913. The van der Waals surface area contributed by atoms with Gasteiger partial charge in [-0.2, -0.15) is 5.10 Å². The van der Waals surface area contributed by atoms with Gasteiger partial charge in [0, 0.05) is 5.56 Å². The van der Waals surface area contributed by atoms with Crippen LogP contribution in [0.5, 0.6) is 11.5 Å². The first-order valence-corrected chi connectivity index (χ1v) is 10.3. The number of carbonyl (C=O) groups is 2. The van der Waals surface area contributed by atoms with Crippen LogP contribution in [0.1, 0.15) is 31.2 Å². The maximum absolute atomic E-state index is 13.5. The lowest BCUT2D eigenvalue weighted by Crippen LogP contribution is -2.38. The van der Waals surface area contributed by atoms with Crippen LogP contribution < -0.4 is 14.8 Å². The number of aromatic nitrogens is 2. The summed E-state index contributed by atoms with van der Waals surface area (Å²) >= 11 is 0. The molecule has 0 bridgehead atoms. The van der Waals surface area contributed by atoms with E-state index < -0.39 is 5.41 Å². The van der Waals surface area contributed by atoms with Crippen LogP contribution in [0.3, 0.4) is 0 Å². The summed E-state index contributed by atoms with van der Waals surface area (Å²) in [6.07, 6.45) is 5.35. The Morgan fingerprint density at radius 1 is 1.09 bits per heavy atom. The van der Waals surface area contributed by atoms with Gasteiger partial charge < -0.3 is 19.9 Å². The fourth-order valence-electron chi connectivity index (χ4n) is 4.21. The molecule has 0 saturated heterocycles. The second-order valence-electron chi connectivity index (χ2n) is 7.44. The van der Waals surface area contributed by atoms with Gasteiger partial charge in [-0.05, 0) is 36.1 Å². The maximum atomic E-state index is 13.5. The normalized spacial score (nSPS) is 14.1. The lowest BCUT2D eigenvalue weighted by molar-refractivity contribution is -0.123. The van der Waals surface area contributed by atoms with Gasteiger partial charge in [0.05, 0.1) is 25.8 Å². The number of methoxy groups -OCH3 is 2. The fraction of sp³-hybridized carbons (Fsp3) is 0.292. The Bertz CT molecular complexity index is 1040. The SMILES string of the molecule is COc1ccc(C2(C(=O)Nc3[nH]ncc3-c3ccccc3)CCCC2)cc1OC.O=CO. The number of amides is 1. The van der Waals surface area contributed by atoms with Gasteiger partial charge in [0.25, 0.3) is 6.47 Å². The van der Waals surface area contributed by atoms with E-state index in [1.807, 2.05) is 48.5 Å². The lowest BCUT2D eigenvalue weighted by Gasteiger charge is -2.29. The summed E-state index contributed by atoms with van der Waals surface area (Å²) in [5.74, 6) is 1.89. The van der Waals surface area contributed by atoms with Crippen LogP contribution in [0.2, 0.25) is 0 Å². The summed E-state index contributed by atoms with van der Waals surface area (Å²) in [6.45, 7) is -0.250. The Hall–Kier alpha value is -3.81. The molecule has 3 N–H and O–H groups in total. The molecule has 4 rings (SSSR count). The van der Waals surface area contributed by atoms with Gasteiger partial charge in [-0.25, -0.2) is 0 Å². The Morgan fingerprint density at radius 3 is 2.38 bits per heavy atom. The Kier molecular flexibility index (Phi) is 7.49. The van der Waals surface area contributed by atoms with Crippen molar-refractivity contribution < 1.29 is 24.2 Å². The molecule has 1 fully saturated rings. The van der Waals surface area contributed by atoms with Crippen molar-refractivity contribution in [2.75, 3.05) is 19.5 Å². The van der Waals surface area contributed by atoms with Gasteiger partial charge in [0.2, 0.25) is 5.91 Å². The molecule has 2 aromatic carbocycles. The molecule has 1 amide bonds. The van der Waals surface area contributed by atoms with Gasteiger partial charge >= 0.3 is 0 Å². The number of benzene rings is 2. The minimum atomic E-state index is -0.599. The Morgan fingerprint density at radius 2 is 1.75 bits per heavy atom. The highest BCUT2D eigenvalue weighted by Crippen LogP contribution is 2.44. The summed E-state index contributed by atoms with van der Waals surface area (Å²) in [6, 6.07) is 15.7. The molecule has 0 unspecified atom stereocenters. The largest absolute Gasteiger partial charge is 0.493 e. The number of H-pyrrole nitrogens is 1. The van der Waals surface area contributed by atoms with E-state index in [-0.39, 0.29) is 12.4 Å². The minimum absolute atomic E-state index is 0.0244. The molecule has 0 atom stereocenters. The Labute approximate surface area is 186 Å². The van der Waals surface area contributed by atoms with Crippen LogP contribution >= 0.6 is 0 Å². The minimum Gasteiger partial charge on any atom is -0.493 e. The van der Waals surface area contributed by atoms with Crippen LogP contribution in [-0.2, 0) is 15.0 Å². The second-order valence-corrected chi connectivity index (χ2v) is 7.44. The number of anilines is 1. The fourth-order valence-corrected chi connectivity index (χ4v) is 4.21. The van der Waals surface area contributed by atoms with Crippen LogP contribution in [0.4, 0.5) is 5.82 Å². The second kappa shape index (κ2) is 10.5. The van der Waals surface area contributed by atoms with E-state index in [1.54, 1.807) is 20.4 Å². The number of hydrogen-bond donors (Lipinski definition) is 3. The molecule has 8 nitrogen and oxygen atoms in total. The van der Waals surface area contributed by atoms with E-state index in [0.29, 0.717) is 17.3 Å². The number of nitrogens with one attached hydrogen (secondary N) is 2. The topological polar surface area (TPSA) is 114 Å². The number of hydrogen-bond acceptors (Lipinski definition) is 5. The molecule has 1 aromatic heterocycles. The average Bonchev–Trinajstić information content (AvgIpc) is 3.50. The van der Waals surface area contributed by atoms with E-state index in [0.717, 1.165) is 42.4 Å². The highest BCUT2D eigenvalue weighted by atomic mass is 16.5. The van der Waals surface area contributed by atoms with Crippen molar-refractivity contribution >= 4 is 18.2 Å². The smallest absolute Gasteiger partial charge is 0.290 e. The predicted octanol–water partition coefficient (Wildman–Crippen LogP) is 4.25. The zero-order chi connectivity index (χ0) is 23.0. The van der Waals surface area contributed by atoms with Crippen molar-refractivity contribution in [2.45, 2.75) is 31.1 Å². The van der Waals surface area contributed by atoms with Crippen molar-refractivity contribution in [1.29, 1.82) is 0 Å². The van der Waals surface area contributed by atoms with E-state index in [2.05, 4.69) is 15.5 Å². The van der Waals surface area contributed by atoms with Crippen molar-refractivity contribution in [3.8, 4) is 22.6 Å².